The molecule has 0 aliphatic heterocycles. The van der Waals surface area contributed by atoms with Gasteiger partial charge in [-0.25, -0.2) is 0 Å². The molecule has 210 valence electrons. The molecule has 3 unspecified atom stereocenters. The second-order valence-electron chi connectivity index (χ2n) is 11.4. The molecule has 1 aliphatic carbocycles. The minimum atomic E-state index is -0.924. The number of allylic oxidation sites excluding steroid dienone is 1. The van der Waals surface area contributed by atoms with E-state index in [9.17, 15) is 19.2 Å². The highest BCUT2D eigenvalue weighted by Crippen LogP contribution is 2.39. The molecular formula is C29H41IN2O5S. The Morgan fingerprint density at radius 1 is 1.13 bits per heavy atom. The molecule has 1 fully saturated rings. The van der Waals surface area contributed by atoms with Crippen LogP contribution in [0.3, 0.4) is 0 Å². The Morgan fingerprint density at radius 2 is 1.79 bits per heavy atom. The number of ketones is 2. The fourth-order valence-corrected chi connectivity index (χ4v) is 7.28. The fourth-order valence-electron chi connectivity index (χ4n) is 5.12. The van der Waals surface area contributed by atoms with Crippen LogP contribution in [0.25, 0.3) is 4.91 Å². The summed E-state index contributed by atoms with van der Waals surface area (Å²) < 4.78 is 0. The largest absolute Gasteiger partial charge is 0.481 e. The van der Waals surface area contributed by atoms with Crippen molar-refractivity contribution in [3.8, 4) is 0 Å². The van der Waals surface area contributed by atoms with Crippen molar-refractivity contribution in [1.82, 2.24) is 5.32 Å². The molecule has 1 aromatic rings. The number of carboxylic acid groups (broad SMARTS) is 1. The number of amides is 1. The average molecular weight is 657 g/mol. The highest BCUT2D eigenvalue weighted by Gasteiger charge is 2.38. The first kappa shape index (κ1) is 32.3. The van der Waals surface area contributed by atoms with E-state index in [1.54, 1.807) is 8.93 Å². The molecule has 7 nitrogen and oxygen atoms in total. The Morgan fingerprint density at radius 3 is 2.34 bits per heavy atom. The SMILES string of the molecule is C/C(N)=C(/SI)c1ccc(CNC(=O)C2CCCC2CC(=O)C(CC(=O)CCCC(=O)O)C(C)(C)C)cc1. The third-order valence-corrected chi connectivity index (χ3v) is 9.32. The van der Waals surface area contributed by atoms with Crippen LogP contribution in [0.15, 0.2) is 30.0 Å². The van der Waals surface area contributed by atoms with Gasteiger partial charge in [-0.3, -0.25) is 19.2 Å². The van der Waals surface area contributed by atoms with Crippen molar-refractivity contribution in [3.63, 3.8) is 0 Å². The van der Waals surface area contributed by atoms with Crippen LogP contribution in [0, 0.1) is 23.2 Å². The number of aliphatic carboxylic acids is 1. The van der Waals surface area contributed by atoms with E-state index in [-0.39, 0.29) is 55.0 Å². The number of nitrogens with two attached hydrogens (primary N) is 1. The molecule has 3 atom stereocenters. The van der Waals surface area contributed by atoms with Gasteiger partial charge in [-0.2, -0.15) is 0 Å². The number of Topliss-reactive ketones (excluding diaryl/α,β-unsaturated/α-hetero) is 2. The summed E-state index contributed by atoms with van der Waals surface area (Å²) in [5, 5.41) is 11.9. The van der Waals surface area contributed by atoms with Crippen molar-refractivity contribution in [2.24, 2.45) is 28.9 Å². The number of carbonyl (C=O) groups is 4. The van der Waals surface area contributed by atoms with Gasteiger partial charge in [0.05, 0.1) is 0 Å². The van der Waals surface area contributed by atoms with Gasteiger partial charge in [0.15, 0.2) is 0 Å². The Hall–Kier alpha value is -1.88. The smallest absolute Gasteiger partial charge is 0.303 e. The molecule has 9 heteroatoms. The molecule has 1 aromatic carbocycles. The van der Waals surface area contributed by atoms with Gasteiger partial charge in [0.1, 0.15) is 11.6 Å². The molecule has 0 aromatic heterocycles. The fraction of sp³-hybridized carbons (Fsp3) is 0.586. The Bertz CT molecular complexity index is 1030. The average Bonchev–Trinajstić information content (AvgIpc) is 3.29. The quantitative estimate of drug-likeness (QED) is 0.201. The molecule has 1 amide bonds. The highest BCUT2D eigenvalue weighted by molar-refractivity contribution is 14.2. The van der Waals surface area contributed by atoms with E-state index in [4.69, 9.17) is 10.8 Å². The zero-order chi connectivity index (χ0) is 28.5. The van der Waals surface area contributed by atoms with Gasteiger partial charge < -0.3 is 16.2 Å². The normalized spacial score (nSPS) is 19.0. The number of rotatable bonds is 14. The summed E-state index contributed by atoms with van der Waals surface area (Å²) in [7, 11) is 1.58. The van der Waals surface area contributed by atoms with Crippen molar-refractivity contribution in [2.75, 3.05) is 0 Å². The summed E-state index contributed by atoms with van der Waals surface area (Å²) in [6.45, 7) is 8.16. The number of carboxylic acids is 1. The van der Waals surface area contributed by atoms with Crippen molar-refractivity contribution in [3.05, 3.63) is 41.1 Å². The van der Waals surface area contributed by atoms with Crippen LogP contribution in [-0.2, 0) is 25.7 Å². The zero-order valence-corrected chi connectivity index (χ0v) is 25.8. The monoisotopic (exact) mass is 656 g/mol. The molecule has 0 spiro atoms. The standard InChI is InChI=1S/C29H41IN2O5S/c1-18(31)27(38-30)20-13-11-19(12-14-20)17-32-28(37)23-9-5-7-21(23)15-25(34)24(29(2,3)4)16-22(33)8-6-10-26(35)36/h11-14,21,23-24H,5-10,15-17,31H2,1-4H3,(H,32,37)(H,35,36)/b27-18-. The minimum absolute atomic E-state index is 0.0246. The molecule has 4 N–H and O–H groups in total. The Balaban J connectivity index is 1.97. The lowest BCUT2D eigenvalue weighted by Crippen LogP contribution is -2.36. The van der Waals surface area contributed by atoms with Crippen LogP contribution in [0.5, 0.6) is 0 Å². The molecule has 38 heavy (non-hydrogen) atoms. The van der Waals surface area contributed by atoms with Crippen molar-refractivity contribution in [1.29, 1.82) is 0 Å². The summed E-state index contributed by atoms with van der Waals surface area (Å²) in [4.78, 5) is 50.7. The second-order valence-corrected chi connectivity index (χ2v) is 13.3. The van der Waals surface area contributed by atoms with Gasteiger partial charge in [-0.1, -0.05) is 60.4 Å². The number of benzene rings is 1. The minimum Gasteiger partial charge on any atom is -0.481 e. The molecule has 0 bridgehead atoms. The maximum atomic E-state index is 13.4. The lowest BCUT2D eigenvalue weighted by atomic mass is 9.72. The maximum absolute atomic E-state index is 13.4. The van der Waals surface area contributed by atoms with Crippen molar-refractivity contribution >= 4 is 58.5 Å². The summed E-state index contributed by atoms with van der Waals surface area (Å²) in [6.07, 6.45) is 3.30. The highest BCUT2D eigenvalue weighted by atomic mass is 127. The summed E-state index contributed by atoms with van der Waals surface area (Å²) >= 11 is 2.22. The third kappa shape index (κ3) is 10.0. The first-order valence-corrected chi connectivity index (χ1v) is 16.6. The molecule has 1 aliphatic rings. The molecule has 1 saturated carbocycles. The van der Waals surface area contributed by atoms with Crippen LogP contribution in [-0.4, -0.2) is 28.5 Å². The summed E-state index contributed by atoms with van der Waals surface area (Å²) in [5.41, 5.74) is 8.38. The summed E-state index contributed by atoms with van der Waals surface area (Å²) in [5.74, 6) is -1.69. The lowest BCUT2D eigenvalue weighted by Gasteiger charge is -2.30. The van der Waals surface area contributed by atoms with E-state index in [2.05, 4.69) is 26.5 Å². The van der Waals surface area contributed by atoms with Crippen molar-refractivity contribution in [2.45, 2.75) is 85.6 Å². The predicted molar refractivity (Wildman–Crippen MR) is 161 cm³/mol. The number of nitrogens with one attached hydrogen (secondary N) is 1. The van der Waals surface area contributed by atoms with Gasteiger partial charge in [-0.15, -0.1) is 0 Å². The van der Waals surface area contributed by atoms with Gasteiger partial charge in [-0.05, 0) is 48.6 Å². The first-order chi connectivity index (χ1) is 17.8. The number of carbonyl (C=O) groups excluding carboxylic acids is 3. The molecule has 2 rings (SSSR count). The third-order valence-electron chi connectivity index (χ3n) is 7.29. The van der Waals surface area contributed by atoms with Gasteiger partial charge in [0.2, 0.25) is 5.91 Å². The number of hydrogen-bond acceptors (Lipinski definition) is 6. The second kappa shape index (κ2) is 15.1. The molecular weight excluding hydrogens is 615 g/mol. The number of halogens is 1. The van der Waals surface area contributed by atoms with Gasteiger partial charge in [0, 0.05) is 75.9 Å². The van der Waals surface area contributed by atoms with Crippen LogP contribution in [0.1, 0.15) is 90.2 Å². The van der Waals surface area contributed by atoms with Gasteiger partial charge in [0.25, 0.3) is 0 Å². The van der Waals surface area contributed by atoms with Gasteiger partial charge >= 0.3 is 5.97 Å². The molecule has 0 saturated heterocycles. The zero-order valence-electron chi connectivity index (χ0n) is 22.8. The van der Waals surface area contributed by atoms with E-state index in [1.807, 2.05) is 52.0 Å². The topological polar surface area (TPSA) is 127 Å². The van der Waals surface area contributed by atoms with Crippen molar-refractivity contribution < 1.29 is 24.3 Å². The Kier molecular flexibility index (Phi) is 12.8. The number of hydrogen-bond donors (Lipinski definition) is 3. The van der Waals surface area contributed by atoms with E-state index < -0.39 is 17.3 Å². The van der Waals surface area contributed by atoms with E-state index >= 15 is 0 Å². The molecule has 0 heterocycles. The maximum Gasteiger partial charge on any atom is 0.303 e. The van der Waals surface area contributed by atoms with E-state index in [0.717, 1.165) is 41.0 Å². The van der Waals surface area contributed by atoms with E-state index in [0.29, 0.717) is 13.0 Å². The van der Waals surface area contributed by atoms with Crippen LogP contribution in [0.4, 0.5) is 0 Å². The predicted octanol–water partition coefficient (Wildman–Crippen LogP) is 6.29. The summed E-state index contributed by atoms with van der Waals surface area (Å²) in [6, 6.07) is 7.99. The molecule has 0 radical (unpaired) electrons. The van der Waals surface area contributed by atoms with Crippen LogP contribution >= 0.6 is 30.1 Å². The van der Waals surface area contributed by atoms with Crippen LogP contribution < -0.4 is 11.1 Å². The van der Waals surface area contributed by atoms with Crippen LogP contribution in [0.2, 0.25) is 0 Å². The van der Waals surface area contributed by atoms with E-state index in [1.165, 1.54) is 0 Å². The first-order valence-electron chi connectivity index (χ1n) is 13.2. The lowest BCUT2D eigenvalue weighted by molar-refractivity contribution is -0.137. The Labute approximate surface area is 242 Å².